The van der Waals surface area contributed by atoms with Gasteiger partial charge in [-0.05, 0) is 39.0 Å². The van der Waals surface area contributed by atoms with Crippen LogP contribution in [0.5, 0.6) is 5.75 Å². The zero-order valence-electron chi connectivity index (χ0n) is 16.0. The molecular weight excluding hydrogens is 368 g/mol. The molecule has 0 aliphatic carbocycles. The van der Waals surface area contributed by atoms with Crippen molar-refractivity contribution in [3.63, 3.8) is 0 Å². The number of amides is 1. The van der Waals surface area contributed by atoms with Gasteiger partial charge in [-0.2, -0.15) is 9.98 Å². The molecule has 1 aromatic heterocycles. The SMILES string of the molecule is Cc1nc(-c2ccc(OCC(C=NC(=O)OC(C)(C)C)C(=O)O)c(N)c2)no1. The van der Waals surface area contributed by atoms with Crippen LogP contribution < -0.4 is 10.5 Å². The van der Waals surface area contributed by atoms with Crippen LogP contribution in [0.3, 0.4) is 0 Å². The molecule has 0 radical (unpaired) electrons. The maximum absolute atomic E-state index is 11.6. The lowest BCUT2D eigenvalue weighted by Crippen LogP contribution is -2.25. The lowest BCUT2D eigenvalue weighted by molar-refractivity contribution is -0.139. The molecule has 0 fully saturated rings. The van der Waals surface area contributed by atoms with Gasteiger partial charge in [0.15, 0.2) is 0 Å². The van der Waals surface area contributed by atoms with Crippen LogP contribution in [0.4, 0.5) is 10.5 Å². The molecule has 2 aromatic rings. The number of aromatic nitrogens is 2. The first-order chi connectivity index (χ1) is 13.0. The van der Waals surface area contributed by atoms with E-state index in [4.69, 9.17) is 19.7 Å². The summed E-state index contributed by atoms with van der Waals surface area (Å²) in [5.41, 5.74) is 6.13. The summed E-state index contributed by atoms with van der Waals surface area (Å²) in [6.07, 6.45) is 0.0984. The van der Waals surface area contributed by atoms with Crippen molar-refractivity contribution in [1.29, 1.82) is 0 Å². The van der Waals surface area contributed by atoms with E-state index in [-0.39, 0.29) is 18.0 Å². The lowest BCUT2D eigenvalue weighted by Gasteiger charge is -2.17. The van der Waals surface area contributed by atoms with E-state index in [9.17, 15) is 14.7 Å². The number of ether oxygens (including phenoxy) is 2. The second-order valence-electron chi connectivity index (χ2n) is 6.90. The number of carbonyl (C=O) groups is 2. The molecule has 0 bridgehead atoms. The average Bonchev–Trinajstić information content (AvgIpc) is 3.00. The summed E-state index contributed by atoms with van der Waals surface area (Å²) in [5.74, 6) is -1.29. The van der Waals surface area contributed by atoms with Gasteiger partial charge in [-0.1, -0.05) is 5.16 Å². The van der Waals surface area contributed by atoms with Crippen molar-refractivity contribution in [3.8, 4) is 17.1 Å². The van der Waals surface area contributed by atoms with Crippen molar-refractivity contribution in [3.05, 3.63) is 24.1 Å². The monoisotopic (exact) mass is 390 g/mol. The highest BCUT2D eigenvalue weighted by atomic mass is 16.6. The minimum absolute atomic E-state index is 0.271. The van der Waals surface area contributed by atoms with E-state index in [1.165, 1.54) is 0 Å². The van der Waals surface area contributed by atoms with Crippen LogP contribution in [0, 0.1) is 12.8 Å². The van der Waals surface area contributed by atoms with E-state index in [2.05, 4.69) is 15.1 Å². The predicted molar refractivity (Wildman–Crippen MR) is 100 cm³/mol. The van der Waals surface area contributed by atoms with E-state index in [0.717, 1.165) is 6.21 Å². The van der Waals surface area contributed by atoms with E-state index in [1.54, 1.807) is 45.9 Å². The molecule has 28 heavy (non-hydrogen) atoms. The normalized spacial score (nSPS) is 12.7. The maximum atomic E-state index is 11.6. The fourth-order valence-electron chi connectivity index (χ4n) is 2.03. The van der Waals surface area contributed by atoms with Crippen LogP contribution in [0.15, 0.2) is 27.7 Å². The van der Waals surface area contributed by atoms with Crippen LogP contribution in [0.1, 0.15) is 26.7 Å². The molecule has 0 aliphatic heterocycles. The Labute approximate surface area is 161 Å². The Morgan fingerprint density at radius 2 is 2.11 bits per heavy atom. The van der Waals surface area contributed by atoms with Crippen molar-refractivity contribution in [2.75, 3.05) is 12.3 Å². The highest BCUT2D eigenvalue weighted by Gasteiger charge is 2.20. The number of anilines is 1. The van der Waals surface area contributed by atoms with Crippen molar-refractivity contribution >= 4 is 24.0 Å². The number of benzene rings is 1. The number of hydrogen-bond acceptors (Lipinski definition) is 8. The third-order valence-corrected chi connectivity index (χ3v) is 3.28. The number of carbonyl (C=O) groups excluding carboxylic acids is 1. The van der Waals surface area contributed by atoms with Gasteiger partial charge in [0.25, 0.3) is 0 Å². The Morgan fingerprint density at radius 1 is 1.39 bits per heavy atom. The first-order valence-electron chi connectivity index (χ1n) is 8.38. The van der Waals surface area contributed by atoms with Crippen LogP contribution in [-0.4, -0.2) is 45.7 Å². The number of aliphatic imine (C=N–C) groups is 1. The zero-order chi connectivity index (χ0) is 20.9. The molecule has 1 amide bonds. The lowest BCUT2D eigenvalue weighted by atomic mass is 10.1. The van der Waals surface area contributed by atoms with Gasteiger partial charge >= 0.3 is 12.1 Å². The quantitative estimate of drug-likeness (QED) is 0.560. The second-order valence-corrected chi connectivity index (χ2v) is 6.90. The first kappa shape index (κ1) is 20.9. The number of aliphatic carboxylic acids is 1. The fraction of sp³-hybridized carbons (Fsp3) is 0.389. The Hall–Kier alpha value is -3.43. The topological polar surface area (TPSA) is 150 Å². The number of carboxylic acid groups (broad SMARTS) is 1. The fourth-order valence-corrected chi connectivity index (χ4v) is 2.03. The molecule has 0 aliphatic rings. The molecule has 150 valence electrons. The summed E-state index contributed by atoms with van der Waals surface area (Å²) in [5, 5.41) is 13.1. The van der Waals surface area contributed by atoms with Gasteiger partial charge in [-0.15, -0.1) is 0 Å². The number of nitrogen functional groups attached to an aromatic ring is 1. The Bertz CT molecular complexity index is 884. The van der Waals surface area contributed by atoms with Gasteiger partial charge in [-0.3, -0.25) is 4.79 Å². The molecule has 10 heteroatoms. The number of carboxylic acids is 1. The molecule has 1 heterocycles. The maximum Gasteiger partial charge on any atom is 0.433 e. The smallest absolute Gasteiger partial charge is 0.433 e. The second kappa shape index (κ2) is 8.51. The number of hydrogen-bond donors (Lipinski definition) is 2. The summed E-state index contributed by atoms with van der Waals surface area (Å²) < 4.78 is 15.4. The molecule has 0 saturated carbocycles. The van der Waals surface area contributed by atoms with Gasteiger partial charge in [0, 0.05) is 18.7 Å². The summed E-state index contributed by atoms with van der Waals surface area (Å²) in [6.45, 7) is 6.44. The molecule has 1 atom stereocenters. The molecule has 0 spiro atoms. The van der Waals surface area contributed by atoms with Gasteiger partial charge in [0.1, 0.15) is 23.9 Å². The number of nitrogens with zero attached hydrogens (tertiary/aromatic N) is 3. The van der Waals surface area contributed by atoms with Crippen LogP contribution >= 0.6 is 0 Å². The van der Waals surface area contributed by atoms with Crippen LogP contribution in [0.2, 0.25) is 0 Å². The molecular formula is C18H22N4O6. The molecule has 1 unspecified atom stereocenters. The minimum Gasteiger partial charge on any atom is -0.490 e. The van der Waals surface area contributed by atoms with E-state index < -0.39 is 23.6 Å². The Morgan fingerprint density at radius 3 is 2.64 bits per heavy atom. The van der Waals surface area contributed by atoms with Gasteiger partial charge in [0.2, 0.25) is 11.7 Å². The summed E-state index contributed by atoms with van der Waals surface area (Å²) >= 11 is 0. The number of aryl methyl sites for hydroxylation is 1. The number of rotatable bonds is 6. The average molecular weight is 390 g/mol. The van der Waals surface area contributed by atoms with Crippen molar-refractivity contribution in [2.24, 2.45) is 10.9 Å². The summed E-state index contributed by atoms with van der Waals surface area (Å²) in [6, 6.07) is 4.82. The molecule has 0 saturated heterocycles. The van der Waals surface area contributed by atoms with Crippen molar-refractivity contribution in [2.45, 2.75) is 33.3 Å². The summed E-state index contributed by atoms with van der Waals surface area (Å²) in [4.78, 5) is 30.6. The van der Waals surface area contributed by atoms with Crippen molar-refractivity contribution < 1.29 is 28.7 Å². The van der Waals surface area contributed by atoms with Gasteiger partial charge < -0.3 is 24.8 Å². The third-order valence-electron chi connectivity index (χ3n) is 3.28. The highest BCUT2D eigenvalue weighted by Crippen LogP contribution is 2.27. The predicted octanol–water partition coefficient (Wildman–Crippen LogP) is 2.71. The van der Waals surface area contributed by atoms with Gasteiger partial charge in [0.05, 0.1) is 5.69 Å². The van der Waals surface area contributed by atoms with E-state index in [1.807, 2.05) is 0 Å². The zero-order valence-corrected chi connectivity index (χ0v) is 16.0. The van der Waals surface area contributed by atoms with E-state index >= 15 is 0 Å². The molecule has 3 N–H and O–H groups in total. The van der Waals surface area contributed by atoms with E-state index in [0.29, 0.717) is 17.3 Å². The van der Waals surface area contributed by atoms with Crippen LogP contribution in [-0.2, 0) is 9.53 Å². The Balaban J connectivity index is 2.03. The molecule has 10 nitrogen and oxygen atoms in total. The standard InChI is InChI=1S/C18H22N4O6/c1-10-21-15(22-28-10)11-5-6-14(13(19)7-11)26-9-12(16(23)24)8-20-17(25)27-18(2,3)4/h5-8,12H,9,19H2,1-4H3,(H,23,24). The number of nitrogens with two attached hydrogens (primary N) is 1. The first-order valence-corrected chi connectivity index (χ1v) is 8.38. The molecule has 1 aromatic carbocycles. The van der Waals surface area contributed by atoms with Crippen molar-refractivity contribution in [1.82, 2.24) is 10.1 Å². The third kappa shape index (κ3) is 6.08. The Kier molecular flexibility index (Phi) is 6.34. The largest absolute Gasteiger partial charge is 0.490 e. The highest BCUT2D eigenvalue weighted by molar-refractivity contribution is 5.93. The van der Waals surface area contributed by atoms with Gasteiger partial charge in [-0.25, -0.2) is 4.79 Å². The van der Waals surface area contributed by atoms with Crippen LogP contribution in [0.25, 0.3) is 11.4 Å². The minimum atomic E-state index is -1.20. The summed E-state index contributed by atoms with van der Waals surface area (Å²) in [7, 11) is 0. The molecule has 2 rings (SSSR count).